The van der Waals surface area contributed by atoms with Crippen molar-refractivity contribution < 1.29 is 0 Å². The van der Waals surface area contributed by atoms with Crippen molar-refractivity contribution in [2.75, 3.05) is 0 Å². The Morgan fingerprint density at radius 1 is 1.07 bits per heavy atom. The lowest BCUT2D eigenvalue weighted by atomic mass is 9.94. The third-order valence-electron chi connectivity index (χ3n) is 2.88. The molecule has 0 radical (unpaired) electrons. The Labute approximate surface area is 93.7 Å². The van der Waals surface area contributed by atoms with Crippen LogP contribution in [0.3, 0.4) is 0 Å². The first-order valence-electron chi connectivity index (χ1n) is 5.26. The highest BCUT2D eigenvalue weighted by atomic mass is 32.2. The van der Waals surface area contributed by atoms with Crippen molar-refractivity contribution in [2.45, 2.75) is 12.8 Å². The summed E-state index contributed by atoms with van der Waals surface area (Å²) in [6.07, 6.45) is 6.87. The zero-order valence-corrected chi connectivity index (χ0v) is 9.26. The minimum absolute atomic E-state index is 1.17. The van der Waals surface area contributed by atoms with Crippen molar-refractivity contribution in [3.8, 4) is 0 Å². The average Bonchev–Trinajstić information content (AvgIpc) is 2.48. The van der Waals surface area contributed by atoms with E-state index in [0.717, 1.165) is 0 Å². The topological polar surface area (TPSA) is 0 Å². The molecule has 74 valence electrons. The van der Waals surface area contributed by atoms with Crippen LogP contribution < -0.4 is 10.4 Å². The Morgan fingerprint density at radius 2 is 2.00 bits per heavy atom. The fourth-order valence-electron chi connectivity index (χ4n) is 2.14. The summed E-state index contributed by atoms with van der Waals surface area (Å²) in [5.41, 5.74) is 2.90. The number of allylic oxidation sites excluding steroid dienone is 3. The molecule has 0 aromatic heterocycles. The average molecular weight is 212 g/mol. The molecule has 0 bridgehead atoms. The summed E-state index contributed by atoms with van der Waals surface area (Å²) in [6.45, 7) is 0. The maximum absolute atomic E-state index is 2.27. The molecule has 1 heterocycles. The first kappa shape index (κ1) is 9.05. The minimum atomic E-state index is 1.17. The van der Waals surface area contributed by atoms with Crippen molar-refractivity contribution in [2.24, 2.45) is 0 Å². The zero-order chi connectivity index (χ0) is 10.1. The van der Waals surface area contributed by atoms with Gasteiger partial charge < -0.3 is 0 Å². The van der Waals surface area contributed by atoms with Crippen LogP contribution in [-0.4, -0.2) is 0 Å². The van der Waals surface area contributed by atoms with Gasteiger partial charge in [-0.3, -0.25) is 0 Å². The third-order valence-corrected chi connectivity index (χ3v) is 3.66. The van der Waals surface area contributed by atoms with Gasteiger partial charge in [0.1, 0.15) is 0 Å². The fraction of sp³-hybridized carbons (Fsp3) is 0.143. The maximum atomic E-state index is 2.27. The van der Waals surface area contributed by atoms with Gasteiger partial charge in [0.2, 0.25) is 0 Å². The standard InChI is InChI=1S/C14H12S/c1-3-7-13-11(5-1)9-15-10-12-6-2-4-8-14(12)13/h1-3,5-7,9-10H,4,8H2. The quantitative estimate of drug-likeness (QED) is 0.637. The molecular formula is C14H12S. The number of hydrogen-bond donors (Lipinski definition) is 0. The van der Waals surface area contributed by atoms with Gasteiger partial charge in [-0.2, -0.15) is 0 Å². The molecule has 1 heteroatoms. The molecule has 1 aromatic rings. The molecule has 0 nitrogen and oxygen atoms in total. The second kappa shape index (κ2) is 3.74. The molecule has 1 aromatic carbocycles. The lowest BCUT2D eigenvalue weighted by molar-refractivity contribution is 1.04. The molecule has 0 fully saturated rings. The van der Waals surface area contributed by atoms with Gasteiger partial charge in [0.25, 0.3) is 0 Å². The van der Waals surface area contributed by atoms with E-state index in [-0.39, 0.29) is 0 Å². The Hall–Kier alpha value is -1.21. The SMILES string of the molecule is C1=CC2=CSC=c3ccccc3=C2CC1. The van der Waals surface area contributed by atoms with Gasteiger partial charge in [-0.25, -0.2) is 0 Å². The predicted octanol–water partition coefficient (Wildman–Crippen LogP) is 2.56. The highest BCUT2D eigenvalue weighted by Gasteiger charge is 2.09. The molecule has 0 saturated carbocycles. The second-order valence-corrected chi connectivity index (χ2v) is 4.58. The molecule has 0 N–H and O–H groups in total. The number of rotatable bonds is 0. The highest BCUT2D eigenvalue weighted by Crippen LogP contribution is 2.26. The molecule has 0 unspecified atom stereocenters. The van der Waals surface area contributed by atoms with Crippen LogP contribution >= 0.6 is 11.8 Å². The number of fused-ring (bicyclic) bond motifs is 2. The van der Waals surface area contributed by atoms with Crippen molar-refractivity contribution in [3.63, 3.8) is 0 Å². The Balaban J connectivity index is 2.40. The normalized spacial score (nSPS) is 18.4. The van der Waals surface area contributed by atoms with Crippen LogP contribution in [0.2, 0.25) is 0 Å². The van der Waals surface area contributed by atoms with Crippen molar-refractivity contribution in [1.82, 2.24) is 0 Å². The third kappa shape index (κ3) is 1.57. The predicted molar refractivity (Wildman–Crippen MR) is 67.6 cm³/mol. The Kier molecular flexibility index (Phi) is 2.26. The summed E-state index contributed by atoms with van der Waals surface area (Å²) in [6, 6.07) is 8.68. The zero-order valence-electron chi connectivity index (χ0n) is 8.44. The van der Waals surface area contributed by atoms with Gasteiger partial charge >= 0.3 is 0 Å². The molecule has 0 saturated heterocycles. The monoisotopic (exact) mass is 212 g/mol. The molecule has 0 amide bonds. The van der Waals surface area contributed by atoms with Crippen LogP contribution in [0.25, 0.3) is 11.0 Å². The van der Waals surface area contributed by atoms with E-state index in [1.807, 2.05) is 0 Å². The summed E-state index contributed by atoms with van der Waals surface area (Å²) in [5.74, 6) is 0. The van der Waals surface area contributed by atoms with Crippen LogP contribution in [0, 0.1) is 0 Å². The van der Waals surface area contributed by atoms with Gasteiger partial charge in [0.05, 0.1) is 0 Å². The van der Waals surface area contributed by atoms with Crippen LogP contribution in [-0.2, 0) is 0 Å². The number of thioether (sulfide) groups is 1. The summed E-state index contributed by atoms with van der Waals surface area (Å²) >= 11 is 1.78. The highest BCUT2D eigenvalue weighted by molar-refractivity contribution is 8.09. The van der Waals surface area contributed by atoms with Gasteiger partial charge in [-0.1, -0.05) is 36.4 Å². The molecule has 15 heavy (non-hydrogen) atoms. The Bertz CT molecular complexity index is 561. The lowest BCUT2D eigenvalue weighted by Gasteiger charge is -2.11. The van der Waals surface area contributed by atoms with E-state index < -0.39 is 0 Å². The summed E-state index contributed by atoms with van der Waals surface area (Å²) in [7, 11) is 0. The van der Waals surface area contributed by atoms with Gasteiger partial charge in [-0.05, 0) is 45.2 Å². The van der Waals surface area contributed by atoms with Crippen LogP contribution in [0.15, 0.2) is 47.4 Å². The van der Waals surface area contributed by atoms with Crippen LogP contribution in [0.1, 0.15) is 12.8 Å². The number of hydrogen-bond acceptors (Lipinski definition) is 1. The van der Waals surface area contributed by atoms with Crippen molar-refractivity contribution in [1.29, 1.82) is 0 Å². The molecule has 0 spiro atoms. The smallest absolute Gasteiger partial charge is 0.0115 e. The van der Waals surface area contributed by atoms with E-state index in [1.165, 1.54) is 34.4 Å². The number of benzene rings is 1. The minimum Gasteiger partial charge on any atom is -0.105 e. The van der Waals surface area contributed by atoms with Gasteiger partial charge in [0, 0.05) is 0 Å². The Morgan fingerprint density at radius 3 is 3.00 bits per heavy atom. The lowest BCUT2D eigenvalue weighted by Crippen LogP contribution is -2.26. The van der Waals surface area contributed by atoms with Crippen LogP contribution in [0.4, 0.5) is 0 Å². The molecule has 1 aliphatic heterocycles. The van der Waals surface area contributed by atoms with E-state index in [1.54, 1.807) is 11.8 Å². The summed E-state index contributed by atoms with van der Waals surface area (Å²) < 4.78 is 0. The van der Waals surface area contributed by atoms with E-state index in [4.69, 9.17) is 0 Å². The summed E-state index contributed by atoms with van der Waals surface area (Å²) in [4.78, 5) is 0. The van der Waals surface area contributed by atoms with E-state index >= 15 is 0 Å². The molecule has 1 aliphatic carbocycles. The van der Waals surface area contributed by atoms with E-state index in [2.05, 4.69) is 47.2 Å². The second-order valence-electron chi connectivity index (χ2n) is 3.83. The van der Waals surface area contributed by atoms with Gasteiger partial charge in [-0.15, -0.1) is 11.8 Å². The molecular weight excluding hydrogens is 200 g/mol. The summed E-state index contributed by atoms with van der Waals surface area (Å²) in [5, 5.41) is 7.27. The molecule has 2 aliphatic rings. The maximum Gasteiger partial charge on any atom is -0.0115 e. The first-order chi connectivity index (χ1) is 7.45. The van der Waals surface area contributed by atoms with Crippen molar-refractivity contribution in [3.05, 3.63) is 57.8 Å². The van der Waals surface area contributed by atoms with E-state index in [0.29, 0.717) is 0 Å². The largest absolute Gasteiger partial charge is 0.105 e. The van der Waals surface area contributed by atoms with Crippen molar-refractivity contribution >= 4 is 22.7 Å². The van der Waals surface area contributed by atoms with E-state index in [9.17, 15) is 0 Å². The molecule has 0 atom stereocenters. The first-order valence-corrected chi connectivity index (χ1v) is 6.20. The molecule has 3 rings (SSSR count). The van der Waals surface area contributed by atoms with Crippen LogP contribution in [0.5, 0.6) is 0 Å². The van der Waals surface area contributed by atoms with Gasteiger partial charge in [0.15, 0.2) is 0 Å². The fourth-order valence-corrected chi connectivity index (χ4v) is 2.93.